The highest BCUT2D eigenvalue weighted by atomic mass is 16.2. The number of benzene rings is 9. The predicted molar refractivity (Wildman–Crippen MR) is 283 cm³/mol. The second kappa shape index (κ2) is 15.3. The summed E-state index contributed by atoms with van der Waals surface area (Å²) in [4.78, 5) is 150. The van der Waals surface area contributed by atoms with Crippen LogP contribution in [0.3, 0.4) is 0 Å². The van der Waals surface area contributed by atoms with Gasteiger partial charge in [-0.05, 0) is 0 Å². The Morgan fingerprint density at radius 2 is 0.361 bits per heavy atom. The van der Waals surface area contributed by atoms with Crippen molar-refractivity contribution >= 4 is 131 Å². The zero-order chi connectivity index (χ0) is 52.0. The predicted octanol–water partition coefficient (Wildman–Crippen LogP) is -0.103. The fourth-order valence-corrected chi connectivity index (χ4v) is 9.84. The number of rotatable bonds is 0. The summed E-state index contributed by atoms with van der Waals surface area (Å²) in [5, 5.41) is -0.101. The number of hydrogen-bond acceptors (Lipinski definition) is 18. The van der Waals surface area contributed by atoms with E-state index in [0.717, 1.165) is 13.7 Å². The van der Waals surface area contributed by atoms with E-state index in [1.807, 2.05) is 0 Å². The van der Waals surface area contributed by atoms with Crippen molar-refractivity contribution in [2.75, 3.05) is 34.4 Å². The smallest absolute Gasteiger partial charge is 0.263 e. The largest absolute Gasteiger partial charge is 0.397 e. The van der Waals surface area contributed by atoms with E-state index in [-0.39, 0.29) is 131 Å². The Kier molecular flexibility index (Phi) is 9.63. The van der Waals surface area contributed by atoms with Gasteiger partial charge in [-0.2, -0.15) is 0 Å². The van der Waals surface area contributed by atoms with Gasteiger partial charge in [0, 0.05) is 53.5 Å². The molecule has 12 aromatic rings. The summed E-state index contributed by atoms with van der Waals surface area (Å²) in [6, 6.07) is 18.9. The van der Waals surface area contributed by atoms with E-state index >= 15 is 0 Å². The van der Waals surface area contributed by atoms with Gasteiger partial charge in [-0.15, -0.1) is 0 Å². The molecule has 0 aliphatic heterocycles. The molecule has 72 heavy (non-hydrogen) atoms. The van der Waals surface area contributed by atoms with Gasteiger partial charge in [-0.3, -0.25) is 71.2 Å². The Labute approximate surface area is 395 Å². The number of nitrogens with two attached hydrogens (primary N) is 6. The highest BCUT2D eigenvalue weighted by molar-refractivity contribution is 6.23. The molecule has 0 saturated carbocycles. The van der Waals surface area contributed by atoms with Crippen LogP contribution in [0.1, 0.15) is 0 Å². The summed E-state index contributed by atoms with van der Waals surface area (Å²) in [5.41, 5.74) is 28.3. The normalized spacial score (nSPS) is 11.7. The fraction of sp³-hybridized carbons (Fsp3) is 0.0588. The van der Waals surface area contributed by atoms with Crippen LogP contribution in [0.2, 0.25) is 0 Å². The topological polar surface area (TPSA) is 376 Å². The van der Waals surface area contributed by atoms with E-state index in [9.17, 15) is 57.5 Å². The van der Waals surface area contributed by atoms with Crippen LogP contribution in [-0.4, -0.2) is 13.7 Å². The van der Waals surface area contributed by atoms with Gasteiger partial charge in [-0.25, -0.2) is 0 Å². The van der Waals surface area contributed by atoms with Crippen LogP contribution in [0.25, 0.3) is 97.0 Å². The van der Waals surface area contributed by atoms with Gasteiger partial charge in [0.2, 0.25) is 0 Å². The van der Waals surface area contributed by atoms with Gasteiger partial charge in [0.05, 0.1) is 98.8 Å². The third-order valence-electron chi connectivity index (χ3n) is 13.5. The molecule has 12 rings (SSSR count). The zero-order valence-electron chi connectivity index (χ0n) is 37.6. The molecular formula is C51H33N9O12. The third kappa shape index (κ3) is 5.62. The first-order valence-corrected chi connectivity index (χ1v) is 21.3. The van der Waals surface area contributed by atoms with Crippen molar-refractivity contribution in [3.05, 3.63) is 196 Å². The van der Waals surface area contributed by atoms with Crippen LogP contribution in [0.4, 0.5) is 34.1 Å². The fourth-order valence-electron chi connectivity index (χ4n) is 9.84. The Bertz CT molecular complexity index is 4420. The molecule has 21 heteroatoms. The van der Waals surface area contributed by atoms with E-state index in [1.54, 1.807) is 36.4 Å². The van der Waals surface area contributed by atoms with E-state index in [1.165, 1.54) is 57.5 Å². The highest BCUT2D eigenvalue weighted by Crippen LogP contribution is 2.34. The first kappa shape index (κ1) is 45.3. The summed E-state index contributed by atoms with van der Waals surface area (Å²) >= 11 is 0. The third-order valence-corrected chi connectivity index (χ3v) is 13.5. The molecule has 9 aromatic carbocycles. The van der Waals surface area contributed by atoms with Crippen LogP contribution in [0.15, 0.2) is 130 Å². The molecule has 0 radical (unpaired) electrons. The summed E-state index contributed by atoms with van der Waals surface area (Å²) in [6.45, 7) is 0. The lowest BCUT2D eigenvalue weighted by atomic mass is 9.97. The van der Waals surface area contributed by atoms with E-state index in [2.05, 4.69) is 0 Å². The second-order valence-electron chi connectivity index (χ2n) is 17.1. The molecular weight excluding hydrogens is 931 g/mol. The molecule has 0 amide bonds. The monoisotopic (exact) mass is 963 g/mol. The van der Waals surface area contributed by atoms with Crippen molar-refractivity contribution in [1.29, 1.82) is 0 Å². The minimum absolute atomic E-state index is 0.105. The standard InChI is InChI=1S/3C17H11N3O4/c3*1-20-16(23)10-11(17(20)24)13(19)9-8(12(10)18)14(21)6-4-2-3-5-7(6)15(9)22/h3*2-5H,18-19H2,1H3. The number of hydrogen-bond donors (Lipinski definition) is 6. The van der Waals surface area contributed by atoms with Crippen LogP contribution < -0.4 is 100 Å². The number of fused-ring (bicyclic) bond motifs is 9. The van der Waals surface area contributed by atoms with Crippen LogP contribution in [-0.2, 0) is 21.1 Å². The van der Waals surface area contributed by atoms with Gasteiger partial charge in [0.1, 0.15) is 0 Å². The maximum atomic E-state index is 12.8. The highest BCUT2D eigenvalue weighted by Gasteiger charge is 2.27. The van der Waals surface area contributed by atoms with Gasteiger partial charge < -0.3 is 34.4 Å². The maximum Gasteiger partial charge on any atom is 0.263 e. The molecule has 21 nitrogen and oxygen atoms in total. The van der Waals surface area contributed by atoms with Crippen molar-refractivity contribution in [1.82, 2.24) is 13.7 Å². The molecule has 3 aromatic heterocycles. The number of aromatic nitrogens is 3. The van der Waals surface area contributed by atoms with E-state index in [0.29, 0.717) is 0 Å². The molecule has 0 unspecified atom stereocenters. The molecule has 0 bridgehead atoms. The molecule has 0 fully saturated rings. The van der Waals surface area contributed by atoms with Gasteiger partial charge in [0.15, 0.2) is 32.6 Å². The Morgan fingerprint density at radius 3 is 0.486 bits per heavy atom. The molecule has 354 valence electrons. The molecule has 0 spiro atoms. The lowest BCUT2D eigenvalue weighted by Gasteiger charge is -2.07. The lowest BCUT2D eigenvalue weighted by molar-refractivity contribution is 0.857. The van der Waals surface area contributed by atoms with Crippen LogP contribution in [0, 0.1) is 0 Å². The number of anilines is 6. The van der Waals surface area contributed by atoms with Gasteiger partial charge in [-0.1, -0.05) is 72.8 Å². The van der Waals surface area contributed by atoms with Crippen LogP contribution >= 0.6 is 0 Å². The average molecular weight is 964 g/mol. The Balaban J connectivity index is 0.000000124. The molecule has 0 aliphatic carbocycles. The quantitative estimate of drug-likeness (QED) is 0.0656. The number of nitrogens with zero attached hydrogens (tertiary/aromatic N) is 3. The molecule has 0 atom stereocenters. The van der Waals surface area contributed by atoms with Crippen molar-refractivity contribution in [2.45, 2.75) is 0 Å². The van der Waals surface area contributed by atoms with Crippen molar-refractivity contribution in [3.63, 3.8) is 0 Å². The lowest BCUT2D eigenvalue weighted by Crippen LogP contribution is -2.21. The minimum atomic E-state index is -0.638. The van der Waals surface area contributed by atoms with Crippen LogP contribution in [0.5, 0.6) is 0 Å². The summed E-state index contributed by atoms with van der Waals surface area (Å²) in [6.07, 6.45) is 0. The summed E-state index contributed by atoms with van der Waals surface area (Å²) < 4.78 is 2.60. The SMILES string of the molecule is Cn1c(=O)c2c(N)c3c(=O)c4ccccc4c(=O)c3c(N)c2c1=O.Cn1c(=O)c2c(N)c3c(=O)c4ccccc4c(=O)c3c(N)c2c1=O.Cn1c(=O)c2c(N)c3c(=O)c4ccccc4c(=O)c3c(N)c2c1=O. The first-order valence-electron chi connectivity index (χ1n) is 21.3. The Morgan fingerprint density at radius 1 is 0.236 bits per heavy atom. The summed E-state index contributed by atoms with van der Waals surface area (Å²) in [5.74, 6) is 0. The molecule has 0 aliphatic rings. The number of nitrogen functional groups attached to an aromatic ring is 6. The molecule has 0 saturated heterocycles. The zero-order valence-corrected chi connectivity index (χ0v) is 37.6. The van der Waals surface area contributed by atoms with Gasteiger partial charge in [0.25, 0.3) is 33.4 Å². The van der Waals surface area contributed by atoms with E-state index in [4.69, 9.17) is 34.4 Å². The Hall–Kier alpha value is -10.4. The minimum Gasteiger partial charge on any atom is -0.397 e. The van der Waals surface area contributed by atoms with E-state index < -0.39 is 65.9 Å². The van der Waals surface area contributed by atoms with Crippen molar-refractivity contribution in [3.8, 4) is 0 Å². The van der Waals surface area contributed by atoms with Gasteiger partial charge >= 0.3 is 0 Å². The first-order chi connectivity index (χ1) is 34.1. The molecule has 12 N–H and O–H groups in total. The van der Waals surface area contributed by atoms with Crippen molar-refractivity contribution in [2.24, 2.45) is 21.1 Å². The molecule has 3 heterocycles. The van der Waals surface area contributed by atoms with Crippen molar-refractivity contribution < 1.29 is 0 Å². The summed E-state index contributed by atoms with van der Waals surface area (Å²) in [7, 11) is 3.88. The maximum absolute atomic E-state index is 12.8. The second-order valence-corrected chi connectivity index (χ2v) is 17.1. The average Bonchev–Trinajstić information content (AvgIpc) is 3.86.